The molecule has 27 heavy (non-hydrogen) atoms. The third kappa shape index (κ3) is 5.40. The molecule has 0 atom stereocenters. The summed E-state index contributed by atoms with van der Waals surface area (Å²) in [4.78, 5) is 12.6. The molecule has 1 N–H and O–H groups in total. The molecule has 0 fully saturated rings. The first-order valence-corrected chi connectivity index (χ1v) is 10.8. The summed E-state index contributed by atoms with van der Waals surface area (Å²) in [5.41, 5.74) is 2.24. The van der Waals surface area contributed by atoms with E-state index in [9.17, 15) is 13.2 Å². The SMILES string of the molecule is CCN(CC)S(=O)(=O)c1cc(C(=O)NCCCc2ccccc2)ccc1C. The molecule has 0 aromatic heterocycles. The van der Waals surface area contributed by atoms with Gasteiger partial charge in [0.15, 0.2) is 0 Å². The van der Waals surface area contributed by atoms with Gasteiger partial charge in [0.25, 0.3) is 5.91 Å². The summed E-state index contributed by atoms with van der Waals surface area (Å²) < 4.78 is 27.0. The predicted octanol–water partition coefficient (Wildman–Crippen LogP) is 3.39. The summed E-state index contributed by atoms with van der Waals surface area (Å²) >= 11 is 0. The van der Waals surface area contributed by atoms with E-state index in [4.69, 9.17) is 0 Å². The molecule has 0 saturated carbocycles. The minimum Gasteiger partial charge on any atom is -0.352 e. The van der Waals surface area contributed by atoms with Crippen LogP contribution in [0.25, 0.3) is 0 Å². The largest absolute Gasteiger partial charge is 0.352 e. The van der Waals surface area contributed by atoms with Crippen LogP contribution in [0.5, 0.6) is 0 Å². The van der Waals surface area contributed by atoms with Crippen LogP contribution in [0.15, 0.2) is 53.4 Å². The first kappa shape index (κ1) is 21.1. The first-order valence-electron chi connectivity index (χ1n) is 9.33. The van der Waals surface area contributed by atoms with E-state index < -0.39 is 10.0 Å². The Labute approximate surface area is 162 Å². The molecule has 1 amide bonds. The molecule has 0 spiro atoms. The molecule has 0 saturated heterocycles. The Morgan fingerprint density at radius 3 is 2.33 bits per heavy atom. The van der Waals surface area contributed by atoms with Crippen molar-refractivity contribution in [1.29, 1.82) is 0 Å². The highest BCUT2D eigenvalue weighted by molar-refractivity contribution is 7.89. The van der Waals surface area contributed by atoms with Crippen LogP contribution in [0.1, 0.15) is 41.8 Å². The Kier molecular flexibility index (Phi) is 7.56. The molecule has 0 radical (unpaired) electrons. The Morgan fingerprint density at radius 1 is 1.04 bits per heavy atom. The number of benzene rings is 2. The second-order valence-corrected chi connectivity index (χ2v) is 8.32. The first-order chi connectivity index (χ1) is 12.9. The lowest BCUT2D eigenvalue weighted by Gasteiger charge is -2.20. The summed E-state index contributed by atoms with van der Waals surface area (Å²) in [5.74, 6) is -0.251. The van der Waals surface area contributed by atoms with E-state index in [2.05, 4.69) is 17.4 Å². The van der Waals surface area contributed by atoms with E-state index in [0.717, 1.165) is 12.8 Å². The number of carbonyl (C=O) groups is 1. The van der Waals surface area contributed by atoms with Gasteiger partial charge in [-0.2, -0.15) is 4.31 Å². The number of hydrogen-bond acceptors (Lipinski definition) is 3. The number of sulfonamides is 1. The molecule has 0 aliphatic carbocycles. The van der Waals surface area contributed by atoms with Gasteiger partial charge in [-0.15, -0.1) is 0 Å². The van der Waals surface area contributed by atoms with Gasteiger partial charge in [0.2, 0.25) is 10.0 Å². The van der Waals surface area contributed by atoms with Gasteiger partial charge >= 0.3 is 0 Å². The highest BCUT2D eigenvalue weighted by atomic mass is 32.2. The average molecular weight is 389 g/mol. The second-order valence-electron chi connectivity index (χ2n) is 6.41. The number of amides is 1. The number of nitrogens with zero attached hydrogens (tertiary/aromatic N) is 1. The fourth-order valence-corrected chi connectivity index (χ4v) is 4.67. The third-order valence-electron chi connectivity index (χ3n) is 4.54. The molecule has 2 rings (SSSR count). The summed E-state index contributed by atoms with van der Waals surface area (Å²) in [7, 11) is -3.60. The van der Waals surface area contributed by atoms with Gasteiger partial charge in [-0.1, -0.05) is 50.2 Å². The van der Waals surface area contributed by atoms with Crippen molar-refractivity contribution in [2.75, 3.05) is 19.6 Å². The van der Waals surface area contributed by atoms with Crippen LogP contribution in [0.3, 0.4) is 0 Å². The molecule has 146 valence electrons. The highest BCUT2D eigenvalue weighted by Gasteiger charge is 2.24. The van der Waals surface area contributed by atoms with Crippen molar-refractivity contribution in [2.24, 2.45) is 0 Å². The molecule has 0 heterocycles. The zero-order valence-corrected chi connectivity index (χ0v) is 17.1. The average Bonchev–Trinajstić information content (AvgIpc) is 2.67. The van der Waals surface area contributed by atoms with E-state index in [1.807, 2.05) is 18.2 Å². The Bertz CT molecular complexity index is 860. The quantitative estimate of drug-likeness (QED) is 0.670. The molecular formula is C21H28N2O3S. The van der Waals surface area contributed by atoms with Crippen molar-refractivity contribution >= 4 is 15.9 Å². The number of rotatable bonds is 9. The standard InChI is InChI=1S/C21H28N2O3S/c1-4-23(5-2)27(25,26)20-16-19(14-13-17(20)3)21(24)22-15-9-12-18-10-7-6-8-11-18/h6-8,10-11,13-14,16H,4-5,9,12,15H2,1-3H3,(H,22,24). The second kappa shape index (κ2) is 9.67. The van der Waals surface area contributed by atoms with Gasteiger partial charge in [-0.25, -0.2) is 8.42 Å². The fraction of sp³-hybridized carbons (Fsp3) is 0.381. The van der Waals surface area contributed by atoms with E-state index in [1.54, 1.807) is 32.9 Å². The number of nitrogens with one attached hydrogen (secondary N) is 1. The number of aryl methyl sites for hydroxylation is 2. The summed E-state index contributed by atoms with van der Waals surface area (Å²) in [6.07, 6.45) is 1.71. The van der Waals surface area contributed by atoms with Crippen molar-refractivity contribution in [3.63, 3.8) is 0 Å². The topological polar surface area (TPSA) is 66.5 Å². The maximum Gasteiger partial charge on any atom is 0.251 e. The van der Waals surface area contributed by atoms with Crippen LogP contribution in [0.2, 0.25) is 0 Å². The van der Waals surface area contributed by atoms with Crippen LogP contribution >= 0.6 is 0 Å². The Balaban J connectivity index is 2.05. The van der Waals surface area contributed by atoms with Crippen LogP contribution in [-0.4, -0.2) is 38.3 Å². The van der Waals surface area contributed by atoms with Crippen LogP contribution in [-0.2, 0) is 16.4 Å². The molecule has 0 bridgehead atoms. The zero-order chi connectivity index (χ0) is 19.9. The smallest absolute Gasteiger partial charge is 0.251 e. The minimum atomic E-state index is -3.60. The molecule has 0 unspecified atom stereocenters. The lowest BCUT2D eigenvalue weighted by Crippen LogP contribution is -2.31. The van der Waals surface area contributed by atoms with Crippen molar-refractivity contribution in [2.45, 2.75) is 38.5 Å². The normalized spacial score (nSPS) is 11.6. The van der Waals surface area contributed by atoms with E-state index in [0.29, 0.717) is 30.8 Å². The zero-order valence-electron chi connectivity index (χ0n) is 16.2. The summed E-state index contributed by atoms with van der Waals surface area (Å²) in [6, 6.07) is 14.9. The maximum absolute atomic E-state index is 12.8. The van der Waals surface area contributed by atoms with E-state index >= 15 is 0 Å². The predicted molar refractivity (Wildman–Crippen MR) is 108 cm³/mol. The molecule has 6 heteroatoms. The van der Waals surface area contributed by atoms with Gasteiger partial charge < -0.3 is 5.32 Å². The lowest BCUT2D eigenvalue weighted by molar-refractivity contribution is 0.0953. The van der Waals surface area contributed by atoms with Gasteiger partial charge in [0.1, 0.15) is 0 Å². The van der Waals surface area contributed by atoms with Crippen molar-refractivity contribution in [1.82, 2.24) is 9.62 Å². The Morgan fingerprint density at radius 2 is 1.70 bits per heavy atom. The van der Waals surface area contributed by atoms with Crippen LogP contribution in [0, 0.1) is 6.92 Å². The van der Waals surface area contributed by atoms with Crippen molar-refractivity contribution < 1.29 is 13.2 Å². The maximum atomic E-state index is 12.8. The van der Waals surface area contributed by atoms with Gasteiger partial charge in [0.05, 0.1) is 4.90 Å². The number of hydrogen-bond donors (Lipinski definition) is 1. The molecule has 0 aliphatic heterocycles. The lowest BCUT2D eigenvalue weighted by atomic mass is 10.1. The Hall–Kier alpha value is -2.18. The highest BCUT2D eigenvalue weighted by Crippen LogP contribution is 2.21. The van der Waals surface area contributed by atoms with Crippen LogP contribution < -0.4 is 5.32 Å². The van der Waals surface area contributed by atoms with Gasteiger partial charge in [-0.05, 0) is 43.0 Å². The minimum absolute atomic E-state index is 0.197. The van der Waals surface area contributed by atoms with Crippen molar-refractivity contribution in [3.05, 3.63) is 65.2 Å². The fourth-order valence-electron chi connectivity index (χ4n) is 2.96. The molecule has 0 aliphatic rings. The van der Waals surface area contributed by atoms with Crippen LogP contribution in [0.4, 0.5) is 0 Å². The number of carbonyl (C=O) groups excluding carboxylic acids is 1. The summed E-state index contributed by atoms with van der Waals surface area (Å²) in [6.45, 7) is 6.69. The van der Waals surface area contributed by atoms with Gasteiger partial charge in [-0.3, -0.25) is 4.79 Å². The van der Waals surface area contributed by atoms with E-state index in [1.165, 1.54) is 15.9 Å². The summed E-state index contributed by atoms with van der Waals surface area (Å²) in [5, 5.41) is 2.88. The molecule has 2 aromatic rings. The molecular weight excluding hydrogens is 360 g/mol. The third-order valence-corrected chi connectivity index (χ3v) is 6.74. The molecule has 2 aromatic carbocycles. The monoisotopic (exact) mass is 388 g/mol. The van der Waals surface area contributed by atoms with Crippen molar-refractivity contribution in [3.8, 4) is 0 Å². The molecule has 5 nitrogen and oxygen atoms in total. The van der Waals surface area contributed by atoms with Gasteiger partial charge in [0, 0.05) is 25.2 Å². The van der Waals surface area contributed by atoms with E-state index in [-0.39, 0.29) is 10.8 Å².